The summed E-state index contributed by atoms with van der Waals surface area (Å²) < 4.78 is 8.57. The molecule has 3 heteroatoms. The van der Waals surface area contributed by atoms with E-state index in [4.69, 9.17) is 4.42 Å². The van der Waals surface area contributed by atoms with Gasteiger partial charge in [0.05, 0.1) is 11.0 Å². The molecule has 0 fully saturated rings. The van der Waals surface area contributed by atoms with Gasteiger partial charge in [-0.15, -0.1) is 0 Å². The molecule has 7 aromatic rings. The molecule has 0 saturated heterocycles. The average molecular weight is 529 g/mol. The summed E-state index contributed by atoms with van der Waals surface area (Å²) in [5.74, 6) is 0.927. The smallest absolute Gasteiger partial charge is 0.135 e. The van der Waals surface area contributed by atoms with Crippen molar-refractivity contribution in [2.45, 2.75) is 6.42 Å². The first-order chi connectivity index (χ1) is 20.3. The van der Waals surface area contributed by atoms with Gasteiger partial charge in [0.15, 0.2) is 0 Å². The number of aromatic nitrogens is 1. The van der Waals surface area contributed by atoms with Crippen molar-refractivity contribution in [2.24, 2.45) is 0 Å². The summed E-state index contributed by atoms with van der Waals surface area (Å²) in [6.45, 7) is 0. The summed E-state index contributed by atoms with van der Waals surface area (Å²) in [6.07, 6.45) is 9.53. The maximum Gasteiger partial charge on any atom is 0.135 e. The lowest BCUT2D eigenvalue weighted by molar-refractivity contribution is 0.603. The number of anilines is 2. The summed E-state index contributed by atoms with van der Waals surface area (Å²) in [5, 5.41) is 3.61. The van der Waals surface area contributed by atoms with Crippen molar-refractivity contribution in [1.29, 1.82) is 0 Å². The Kier molecular flexibility index (Phi) is 5.42. The van der Waals surface area contributed by atoms with Crippen LogP contribution in [0.1, 0.15) is 17.7 Å². The minimum Gasteiger partial charge on any atom is -0.456 e. The number of rotatable bonds is 4. The molecule has 2 heterocycles. The summed E-state index contributed by atoms with van der Waals surface area (Å²) in [7, 11) is 2.16. The molecule has 0 unspecified atom stereocenters. The van der Waals surface area contributed by atoms with Crippen molar-refractivity contribution in [3.05, 3.63) is 139 Å². The first-order valence-corrected chi connectivity index (χ1v) is 14.1. The van der Waals surface area contributed by atoms with Crippen LogP contribution < -0.4 is 4.90 Å². The zero-order chi connectivity index (χ0) is 27.3. The van der Waals surface area contributed by atoms with Crippen LogP contribution in [0.4, 0.5) is 11.4 Å². The number of nitrogens with zero attached hydrogens (tertiary/aromatic N) is 2. The lowest BCUT2D eigenvalue weighted by Gasteiger charge is -2.23. The van der Waals surface area contributed by atoms with Gasteiger partial charge in [0.2, 0.25) is 0 Å². The monoisotopic (exact) mass is 528 g/mol. The molecule has 1 aliphatic carbocycles. The van der Waals surface area contributed by atoms with Gasteiger partial charge < -0.3 is 13.9 Å². The maximum atomic E-state index is 6.19. The fourth-order valence-corrected chi connectivity index (χ4v) is 6.21. The van der Waals surface area contributed by atoms with Crippen LogP contribution in [-0.4, -0.2) is 11.6 Å². The van der Waals surface area contributed by atoms with E-state index in [1.807, 2.05) is 0 Å². The van der Waals surface area contributed by atoms with Gasteiger partial charge in [-0.25, -0.2) is 0 Å². The van der Waals surface area contributed by atoms with E-state index >= 15 is 0 Å². The molecule has 1 aliphatic rings. The summed E-state index contributed by atoms with van der Waals surface area (Å²) >= 11 is 0. The van der Waals surface area contributed by atoms with Crippen LogP contribution in [0.25, 0.3) is 61.7 Å². The van der Waals surface area contributed by atoms with Crippen molar-refractivity contribution in [2.75, 3.05) is 11.9 Å². The van der Waals surface area contributed by atoms with E-state index in [2.05, 4.69) is 156 Å². The average Bonchev–Trinajstić information content (AvgIpc) is 3.44. The van der Waals surface area contributed by atoms with Gasteiger partial charge in [-0.1, -0.05) is 85.0 Å². The van der Waals surface area contributed by atoms with Crippen molar-refractivity contribution in [3.8, 4) is 16.8 Å². The second-order valence-corrected chi connectivity index (χ2v) is 10.6. The molecular weight excluding hydrogens is 500 g/mol. The van der Waals surface area contributed by atoms with Gasteiger partial charge in [0.1, 0.15) is 11.3 Å². The largest absolute Gasteiger partial charge is 0.456 e. The van der Waals surface area contributed by atoms with Gasteiger partial charge in [0, 0.05) is 51.4 Å². The number of fused-ring (bicyclic) bond motifs is 6. The molecule has 196 valence electrons. The molecule has 3 nitrogen and oxygen atoms in total. The highest BCUT2D eigenvalue weighted by Crippen LogP contribution is 2.39. The van der Waals surface area contributed by atoms with Crippen LogP contribution in [0.2, 0.25) is 0 Å². The third-order valence-corrected chi connectivity index (χ3v) is 8.22. The van der Waals surface area contributed by atoms with Crippen LogP contribution in [0.5, 0.6) is 0 Å². The summed E-state index contributed by atoms with van der Waals surface area (Å²) in [5.41, 5.74) is 10.3. The first-order valence-electron chi connectivity index (χ1n) is 14.1. The van der Waals surface area contributed by atoms with Crippen LogP contribution >= 0.6 is 0 Å². The highest BCUT2D eigenvalue weighted by Gasteiger charge is 2.18. The van der Waals surface area contributed by atoms with E-state index in [1.165, 1.54) is 38.6 Å². The summed E-state index contributed by atoms with van der Waals surface area (Å²) in [4.78, 5) is 2.29. The van der Waals surface area contributed by atoms with Crippen molar-refractivity contribution in [3.63, 3.8) is 0 Å². The predicted molar refractivity (Wildman–Crippen MR) is 173 cm³/mol. The molecule has 0 spiro atoms. The minimum atomic E-state index is 0.914. The molecule has 0 atom stereocenters. The van der Waals surface area contributed by atoms with E-state index in [0.29, 0.717) is 0 Å². The highest BCUT2D eigenvalue weighted by atomic mass is 16.3. The SMILES string of the molecule is CN(c1ccc2c(c1)c1ccccc1n2-c1ccc2oc3c(c2c1)C=CCC=C3)c1ccccc1-c1ccccc1. The maximum absolute atomic E-state index is 6.19. The number of para-hydroxylation sites is 2. The van der Waals surface area contributed by atoms with Gasteiger partial charge in [-0.2, -0.15) is 0 Å². The van der Waals surface area contributed by atoms with E-state index in [0.717, 1.165) is 40.1 Å². The Morgan fingerprint density at radius 2 is 1.44 bits per heavy atom. The molecule has 0 amide bonds. The normalized spacial score (nSPS) is 12.7. The van der Waals surface area contributed by atoms with E-state index in [9.17, 15) is 0 Å². The number of furan rings is 1. The Balaban J connectivity index is 1.29. The Morgan fingerprint density at radius 3 is 2.37 bits per heavy atom. The second kappa shape index (κ2) is 9.42. The molecule has 8 rings (SSSR count). The molecule has 0 N–H and O–H groups in total. The zero-order valence-electron chi connectivity index (χ0n) is 22.8. The second-order valence-electron chi connectivity index (χ2n) is 10.6. The third-order valence-electron chi connectivity index (χ3n) is 8.22. The quantitative estimate of drug-likeness (QED) is 0.227. The van der Waals surface area contributed by atoms with Gasteiger partial charge in [0.25, 0.3) is 0 Å². The van der Waals surface area contributed by atoms with E-state index < -0.39 is 0 Å². The lowest BCUT2D eigenvalue weighted by atomic mass is 10.0. The molecule has 0 radical (unpaired) electrons. The standard InChI is InChI=1S/C38H28N2O/c1-39(34-17-10-8-14-29(34)26-12-4-2-5-13-26)27-20-22-36-32(24-27)30-15-9-11-18-35(30)40(36)28-21-23-38-33(25-28)31-16-6-3-7-19-37(31)41-38/h2,4-25H,3H2,1H3. The van der Waals surface area contributed by atoms with Crippen LogP contribution in [0.15, 0.2) is 132 Å². The van der Waals surface area contributed by atoms with Gasteiger partial charge in [-0.05, 0) is 66.6 Å². The van der Waals surface area contributed by atoms with Gasteiger partial charge in [-0.3, -0.25) is 0 Å². The van der Waals surface area contributed by atoms with E-state index in [-0.39, 0.29) is 0 Å². The lowest BCUT2D eigenvalue weighted by Crippen LogP contribution is -2.10. The third kappa shape index (κ3) is 3.81. The Labute approximate surface area is 238 Å². The molecule has 5 aromatic carbocycles. The Morgan fingerprint density at radius 1 is 0.659 bits per heavy atom. The number of benzene rings is 5. The number of allylic oxidation sites excluding steroid dienone is 2. The van der Waals surface area contributed by atoms with Crippen LogP contribution in [-0.2, 0) is 0 Å². The zero-order valence-corrected chi connectivity index (χ0v) is 22.8. The molecule has 0 saturated carbocycles. The van der Waals surface area contributed by atoms with E-state index in [1.54, 1.807) is 0 Å². The fourth-order valence-electron chi connectivity index (χ4n) is 6.21. The number of hydrogen-bond acceptors (Lipinski definition) is 2. The summed E-state index contributed by atoms with van der Waals surface area (Å²) in [6, 6.07) is 41.3. The molecule has 0 aliphatic heterocycles. The first kappa shape index (κ1) is 23.6. The Hall–Kier alpha value is -5.28. The molecule has 0 bridgehead atoms. The molecule has 41 heavy (non-hydrogen) atoms. The fraction of sp³-hybridized carbons (Fsp3) is 0.0526. The van der Waals surface area contributed by atoms with Crippen LogP contribution in [0, 0.1) is 0 Å². The van der Waals surface area contributed by atoms with Gasteiger partial charge >= 0.3 is 0 Å². The highest BCUT2D eigenvalue weighted by molar-refractivity contribution is 6.11. The number of hydrogen-bond donors (Lipinski definition) is 0. The molecular formula is C38H28N2O. The van der Waals surface area contributed by atoms with Crippen LogP contribution in [0.3, 0.4) is 0 Å². The molecule has 2 aromatic heterocycles. The van der Waals surface area contributed by atoms with Crippen molar-refractivity contribution < 1.29 is 4.42 Å². The van der Waals surface area contributed by atoms with Crippen molar-refractivity contribution >= 4 is 56.3 Å². The topological polar surface area (TPSA) is 21.3 Å². The predicted octanol–water partition coefficient (Wildman–Crippen LogP) is 10.4. The Bertz CT molecular complexity index is 2140. The minimum absolute atomic E-state index is 0.914. The van der Waals surface area contributed by atoms with Crippen molar-refractivity contribution in [1.82, 2.24) is 4.57 Å².